The fourth-order valence-corrected chi connectivity index (χ4v) is 3.51. The van der Waals surface area contributed by atoms with Gasteiger partial charge in [-0.1, -0.05) is 42.1 Å². The number of nitrogens with one attached hydrogen (secondary N) is 1. The van der Waals surface area contributed by atoms with Crippen LogP contribution in [0.5, 0.6) is 0 Å². The Bertz CT molecular complexity index is 1180. The summed E-state index contributed by atoms with van der Waals surface area (Å²) in [6.07, 6.45) is 6.39. The molecule has 4 aromatic rings. The first-order valence-electron chi connectivity index (χ1n) is 8.78. The van der Waals surface area contributed by atoms with E-state index in [4.69, 9.17) is 4.42 Å². The van der Waals surface area contributed by atoms with Gasteiger partial charge in [0.1, 0.15) is 6.26 Å². The number of benzene rings is 1. The average molecular weight is 408 g/mol. The molecule has 1 amide bonds. The van der Waals surface area contributed by atoms with Gasteiger partial charge < -0.3 is 4.42 Å². The van der Waals surface area contributed by atoms with Gasteiger partial charge in [0.2, 0.25) is 5.91 Å². The van der Waals surface area contributed by atoms with Gasteiger partial charge in [-0.25, -0.2) is 19.9 Å². The number of hydrogen-bond donors (Lipinski definition) is 1. The predicted molar refractivity (Wildman–Crippen MR) is 108 cm³/mol. The fourth-order valence-electron chi connectivity index (χ4n) is 2.69. The molecule has 0 bridgehead atoms. The van der Waals surface area contributed by atoms with Crippen LogP contribution in [0.1, 0.15) is 5.56 Å². The van der Waals surface area contributed by atoms with Crippen molar-refractivity contribution in [2.24, 2.45) is 0 Å². The van der Waals surface area contributed by atoms with Crippen molar-refractivity contribution < 1.29 is 9.21 Å². The SMILES string of the molecule is O=C(CSc1nc2nccnc2c(=O)n1CCc1ccccc1)Nc1ncco1. The number of aromatic nitrogens is 5. The van der Waals surface area contributed by atoms with Crippen molar-refractivity contribution in [1.29, 1.82) is 0 Å². The zero-order valence-corrected chi connectivity index (χ0v) is 16.0. The number of nitrogens with zero attached hydrogens (tertiary/aromatic N) is 5. The molecule has 3 heterocycles. The molecule has 9 nitrogen and oxygen atoms in total. The molecule has 0 fully saturated rings. The molecule has 0 saturated carbocycles. The summed E-state index contributed by atoms with van der Waals surface area (Å²) in [6.45, 7) is 0.409. The van der Waals surface area contributed by atoms with Crippen molar-refractivity contribution >= 4 is 34.8 Å². The van der Waals surface area contributed by atoms with E-state index in [1.165, 1.54) is 29.4 Å². The van der Waals surface area contributed by atoms with Crippen LogP contribution in [0.4, 0.5) is 6.01 Å². The molecule has 29 heavy (non-hydrogen) atoms. The van der Waals surface area contributed by atoms with Crippen LogP contribution in [0.25, 0.3) is 11.2 Å². The highest BCUT2D eigenvalue weighted by Gasteiger charge is 2.15. The second-order valence-corrected chi connectivity index (χ2v) is 6.93. The van der Waals surface area contributed by atoms with E-state index in [1.807, 2.05) is 30.3 Å². The Morgan fingerprint density at radius 3 is 2.72 bits per heavy atom. The molecule has 0 unspecified atom stereocenters. The number of carbonyl (C=O) groups is 1. The number of fused-ring (bicyclic) bond motifs is 1. The molecule has 4 rings (SSSR count). The first kappa shape index (κ1) is 18.8. The summed E-state index contributed by atoms with van der Waals surface area (Å²) in [6, 6.07) is 9.95. The third-order valence-electron chi connectivity index (χ3n) is 4.04. The van der Waals surface area contributed by atoms with Crippen molar-refractivity contribution in [1.82, 2.24) is 24.5 Å². The van der Waals surface area contributed by atoms with Gasteiger partial charge in [0.05, 0.1) is 11.9 Å². The Morgan fingerprint density at radius 2 is 1.93 bits per heavy atom. The predicted octanol–water partition coefficient (Wildman–Crippen LogP) is 2.15. The largest absolute Gasteiger partial charge is 0.432 e. The van der Waals surface area contributed by atoms with E-state index in [2.05, 4.69) is 25.3 Å². The topological polar surface area (TPSA) is 116 Å². The number of aryl methyl sites for hydroxylation is 1. The Balaban J connectivity index is 1.58. The lowest BCUT2D eigenvalue weighted by Gasteiger charge is -2.12. The van der Waals surface area contributed by atoms with Gasteiger partial charge in [0, 0.05) is 18.9 Å². The van der Waals surface area contributed by atoms with Crippen molar-refractivity contribution in [3.63, 3.8) is 0 Å². The zero-order valence-electron chi connectivity index (χ0n) is 15.2. The van der Waals surface area contributed by atoms with Crippen LogP contribution in [0.3, 0.4) is 0 Å². The van der Waals surface area contributed by atoms with Gasteiger partial charge in [-0.15, -0.1) is 0 Å². The standard InChI is InChI=1S/C19H16N6O3S/c26-14(23-18-22-9-11-28-18)12-29-19-24-16-15(20-7-8-21-16)17(27)25(19)10-6-13-4-2-1-3-5-13/h1-5,7-9,11H,6,10,12H2,(H,22,23,26). The van der Waals surface area contributed by atoms with E-state index in [9.17, 15) is 9.59 Å². The first-order chi connectivity index (χ1) is 14.2. The summed E-state index contributed by atoms with van der Waals surface area (Å²) >= 11 is 1.14. The smallest absolute Gasteiger partial charge is 0.301 e. The van der Waals surface area contributed by atoms with E-state index in [0.29, 0.717) is 18.1 Å². The summed E-state index contributed by atoms with van der Waals surface area (Å²) in [4.78, 5) is 41.6. The molecule has 0 aliphatic heterocycles. The number of anilines is 1. The minimum atomic E-state index is -0.319. The number of thioether (sulfide) groups is 1. The summed E-state index contributed by atoms with van der Waals surface area (Å²) in [7, 11) is 0. The van der Waals surface area contributed by atoms with Crippen molar-refractivity contribution in [2.45, 2.75) is 18.1 Å². The van der Waals surface area contributed by atoms with Crippen LogP contribution in [-0.4, -0.2) is 36.2 Å². The van der Waals surface area contributed by atoms with Crippen LogP contribution >= 0.6 is 11.8 Å². The number of carbonyl (C=O) groups excluding carboxylic acids is 1. The second-order valence-electron chi connectivity index (χ2n) is 5.99. The molecule has 0 aliphatic carbocycles. The quantitative estimate of drug-likeness (QED) is 0.365. The Morgan fingerprint density at radius 1 is 1.10 bits per heavy atom. The lowest BCUT2D eigenvalue weighted by molar-refractivity contribution is -0.113. The monoisotopic (exact) mass is 408 g/mol. The summed E-state index contributed by atoms with van der Waals surface area (Å²) in [5, 5.41) is 2.94. The molecule has 1 N–H and O–H groups in total. The minimum Gasteiger partial charge on any atom is -0.432 e. The van der Waals surface area contributed by atoms with Gasteiger partial charge >= 0.3 is 6.01 Å². The molecule has 0 atom stereocenters. The van der Waals surface area contributed by atoms with Crippen molar-refractivity contribution in [3.8, 4) is 0 Å². The lowest BCUT2D eigenvalue weighted by atomic mass is 10.1. The average Bonchev–Trinajstić information content (AvgIpc) is 3.25. The summed E-state index contributed by atoms with van der Waals surface area (Å²) in [5.41, 5.74) is 1.27. The van der Waals surface area contributed by atoms with E-state index in [0.717, 1.165) is 17.3 Å². The summed E-state index contributed by atoms with van der Waals surface area (Å²) < 4.78 is 6.54. The van der Waals surface area contributed by atoms with E-state index in [1.54, 1.807) is 0 Å². The molecule has 10 heteroatoms. The zero-order chi connectivity index (χ0) is 20.1. The minimum absolute atomic E-state index is 0.0337. The first-order valence-corrected chi connectivity index (χ1v) is 9.77. The third-order valence-corrected chi connectivity index (χ3v) is 5.01. The van der Waals surface area contributed by atoms with Gasteiger partial charge in [-0.2, -0.15) is 0 Å². The van der Waals surface area contributed by atoms with Crippen LogP contribution in [-0.2, 0) is 17.8 Å². The van der Waals surface area contributed by atoms with Gasteiger partial charge in [-0.3, -0.25) is 19.5 Å². The molecular formula is C19H16N6O3S. The number of hydrogen-bond acceptors (Lipinski definition) is 8. The van der Waals surface area contributed by atoms with Crippen LogP contribution in [0.2, 0.25) is 0 Å². The molecular weight excluding hydrogens is 392 g/mol. The van der Waals surface area contributed by atoms with E-state index in [-0.39, 0.29) is 34.4 Å². The molecule has 1 aromatic carbocycles. The van der Waals surface area contributed by atoms with Gasteiger partial charge in [-0.05, 0) is 12.0 Å². The maximum atomic E-state index is 13.0. The normalized spacial score (nSPS) is 10.9. The van der Waals surface area contributed by atoms with Crippen molar-refractivity contribution in [2.75, 3.05) is 11.1 Å². The van der Waals surface area contributed by atoms with Crippen LogP contribution in [0, 0.1) is 0 Å². The highest BCUT2D eigenvalue weighted by atomic mass is 32.2. The fraction of sp³-hybridized carbons (Fsp3) is 0.158. The maximum Gasteiger partial charge on any atom is 0.301 e. The molecule has 0 aliphatic rings. The Kier molecular flexibility index (Phi) is 5.61. The maximum absolute atomic E-state index is 13.0. The third kappa shape index (κ3) is 4.49. The molecule has 0 saturated heterocycles. The Hall–Kier alpha value is -3.53. The summed E-state index contributed by atoms with van der Waals surface area (Å²) in [5.74, 6) is -0.285. The van der Waals surface area contributed by atoms with Gasteiger partial charge in [0.25, 0.3) is 5.56 Å². The van der Waals surface area contributed by atoms with E-state index < -0.39 is 0 Å². The van der Waals surface area contributed by atoms with E-state index >= 15 is 0 Å². The highest BCUT2D eigenvalue weighted by Crippen LogP contribution is 2.17. The number of amides is 1. The molecule has 0 radical (unpaired) electrons. The molecule has 3 aromatic heterocycles. The number of oxazole rings is 1. The number of rotatable bonds is 7. The van der Waals surface area contributed by atoms with Crippen molar-refractivity contribution in [3.05, 3.63) is 71.1 Å². The van der Waals surface area contributed by atoms with Crippen LogP contribution < -0.4 is 10.9 Å². The molecule has 146 valence electrons. The second kappa shape index (κ2) is 8.65. The lowest BCUT2D eigenvalue weighted by Crippen LogP contribution is -2.26. The van der Waals surface area contributed by atoms with Gasteiger partial charge in [0.15, 0.2) is 16.3 Å². The molecule has 0 spiro atoms. The van der Waals surface area contributed by atoms with Crippen LogP contribution in [0.15, 0.2) is 69.6 Å². The highest BCUT2D eigenvalue weighted by molar-refractivity contribution is 7.99. The Labute approximate surface area is 169 Å².